The molecule has 104 valence electrons. The molecular formula is C15H23N3O. The molecule has 2 fully saturated rings. The van der Waals surface area contributed by atoms with E-state index >= 15 is 0 Å². The van der Waals surface area contributed by atoms with E-state index in [0.29, 0.717) is 17.7 Å². The molecule has 1 aliphatic heterocycles. The molecule has 0 bridgehead atoms. The summed E-state index contributed by atoms with van der Waals surface area (Å²) in [7, 11) is 1.96. The summed E-state index contributed by atoms with van der Waals surface area (Å²) in [6, 6.07) is 2.55. The minimum Gasteiger partial charge on any atom is -0.299 e. The minimum atomic E-state index is 0.295. The van der Waals surface area contributed by atoms with Crippen LogP contribution in [0.25, 0.3) is 0 Å². The molecule has 1 aromatic rings. The van der Waals surface area contributed by atoms with Crippen LogP contribution < -0.4 is 0 Å². The van der Waals surface area contributed by atoms with Gasteiger partial charge in [-0.05, 0) is 38.3 Å². The fourth-order valence-corrected chi connectivity index (χ4v) is 3.67. The number of piperidine rings is 1. The number of hydrogen-bond acceptors (Lipinski definition) is 3. The van der Waals surface area contributed by atoms with Crippen molar-refractivity contribution in [2.45, 2.75) is 51.1 Å². The fourth-order valence-electron chi connectivity index (χ4n) is 3.67. The Labute approximate surface area is 114 Å². The van der Waals surface area contributed by atoms with E-state index in [9.17, 15) is 4.79 Å². The molecule has 0 aromatic carbocycles. The second-order valence-corrected chi connectivity index (χ2v) is 5.98. The zero-order chi connectivity index (χ0) is 13.2. The Balaban J connectivity index is 1.71. The average Bonchev–Trinajstić information content (AvgIpc) is 2.99. The second kappa shape index (κ2) is 5.45. The van der Waals surface area contributed by atoms with Crippen molar-refractivity contribution in [3.8, 4) is 0 Å². The number of nitrogens with zero attached hydrogens (tertiary/aromatic N) is 3. The molecule has 1 saturated carbocycles. The van der Waals surface area contributed by atoms with Gasteiger partial charge in [0.05, 0.1) is 5.69 Å². The maximum absolute atomic E-state index is 12.0. The van der Waals surface area contributed by atoms with Crippen LogP contribution in [0.15, 0.2) is 12.3 Å². The topological polar surface area (TPSA) is 38.1 Å². The summed E-state index contributed by atoms with van der Waals surface area (Å²) >= 11 is 0. The van der Waals surface area contributed by atoms with E-state index in [-0.39, 0.29) is 0 Å². The number of rotatable bonds is 3. The number of aromatic nitrogens is 2. The predicted octanol–water partition coefficient (Wildman–Crippen LogP) is 2.14. The third kappa shape index (κ3) is 2.73. The first-order valence-electron chi connectivity index (χ1n) is 7.49. The molecule has 0 N–H and O–H groups in total. The van der Waals surface area contributed by atoms with Gasteiger partial charge in [0.2, 0.25) is 0 Å². The Morgan fingerprint density at radius 3 is 2.89 bits per heavy atom. The zero-order valence-corrected chi connectivity index (χ0v) is 11.7. The lowest BCUT2D eigenvalue weighted by atomic mass is 9.88. The summed E-state index contributed by atoms with van der Waals surface area (Å²) in [5.74, 6) is 0.793. The number of carbonyl (C=O) groups excluding carboxylic acids is 1. The number of likely N-dealkylation sites (tertiary alicyclic amines) is 1. The van der Waals surface area contributed by atoms with E-state index in [4.69, 9.17) is 0 Å². The first-order valence-corrected chi connectivity index (χ1v) is 7.49. The van der Waals surface area contributed by atoms with E-state index < -0.39 is 0 Å². The van der Waals surface area contributed by atoms with Crippen LogP contribution in [0.4, 0.5) is 0 Å². The summed E-state index contributed by atoms with van der Waals surface area (Å²) in [5, 5.41) is 4.47. The molecule has 0 spiro atoms. The normalized spacial score (nSPS) is 29.0. The van der Waals surface area contributed by atoms with Gasteiger partial charge in [0.1, 0.15) is 5.78 Å². The third-order valence-electron chi connectivity index (χ3n) is 4.61. The smallest absolute Gasteiger partial charge is 0.137 e. The molecule has 4 heteroatoms. The standard InChI is InChI=1S/C15H23N3O/c1-17-10-8-12(16-17)11-18-9-3-2-6-14(18)13-5-4-7-15(13)19/h8,10,13-14H,2-7,9,11H2,1H3. The maximum Gasteiger partial charge on any atom is 0.137 e. The van der Waals surface area contributed by atoms with Gasteiger partial charge in [-0.3, -0.25) is 14.4 Å². The predicted molar refractivity (Wildman–Crippen MR) is 73.6 cm³/mol. The quantitative estimate of drug-likeness (QED) is 0.836. The van der Waals surface area contributed by atoms with Crippen LogP contribution in [0, 0.1) is 5.92 Å². The Morgan fingerprint density at radius 2 is 2.21 bits per heavy atom. The van der Waals surface area contributed by atoms with E-state index in [1.54, 1.807) is 0 Å². The molecule has 2 unspecified atom stereocenters. The molecule has 2 atom stereocenters. The van der Waals surface area contributed by atoms with Crippen molar-refractivity contribution in [3.05, 3.63) is 18.0 Å². The molecule has 1 aliphatic carbocycles. The van der Waals surface area contributed by atoms with E-state index in [0.717, 1.165) is 38.0 Å². The van der Waals surface area contributed by atoms with Crippen LogP contribution in [0.1, 0.15) is 44.2 Å². The lowest BCUT2D eigenvalue weighted by Crippen LogP contribution is -2.45. The van der Waals surface area contributed by atoms with Gasteiger partial charge in [0, 0.05) is 38.2 Å². The third-order valence-corrected chi connectivity index (χ3v) is 4.61. The molecule has 0 amide bonds. The molecule has 2 heterocycles. The van der Waals surface area contributed by atoms with Crippen LogP contribution in [0.2, 0.25) is 0 Å². The van der Waals surface area contributed by atoms with Gasteiger partial charge in [0.15, 0.2) is 0 Å². The van der Waals surface area contributed by atoms with Crippen molar-refractivity contribution < 1.29 is 4.79 Å². The number of hydrogen-bond donors (Lipinski definition) is 0. The van der Waals surface area contributed by atoms with Gasteiger partial charge in [-0.25, -0.2) is 0 Å². The van der Waals surface area contributed by atoms with Gasteiger partial charge >= 0.3 is 0 Å². The molecule has 1 aromatic heterocycles. The number of carbonyl (C=O) groups is 1. The molecular weight excluding hydrogens is 238 g/mol. The Hall–Kier alpha value is -1.16. The summed E-state index contributed by atoms with van der Waals surface area (Å²) in [6.07, 6.45) is 8.70. The zero-order valence-electron chi connectivity index (χ0n) is 11.7. The Bertz CT molecular complexity index is 454. The van der Waals surface area contributed by atoms with Crippen molar-refractivity contribution in [3.63, 3.8) is 0 Å². The molecule has 19 heavy (non-hydrogen) atoms. The summed E-state index contributed by atoms with van der Waals surface area (Å²) < 4.78 is 1.86. The average molecular weight is 261 g/mol. The van der Waals surface area contributed by atoms with Crippen LogP contribution in [-0.2, 0) is 18.4 Å². The molecule has 1 saturated heterocycles. The highest BCUT2D eigenvalue weighted by molar-refractivity contribution is 5.83. The first-order chi connectivity index (χ1) is 9.24. The molecule has 3 rings (SSSR count). The van der Waals surface area contributed by atoms with Crippen LogP contribution >= 0.6 is 0 Å². The van der Waals surface area contributed by atoms with Crippen molar-refractivity contribution in [1.29, 1.82) is 0 Å². The molecule has 0 radical (unpaired) electrons. The van der Waals surface area contributed by atoms with Gasteiger partial charge in [0.25, 0.3) is 0 Å². The lowest BCUT2D eigenvalue weighted by molar-refractivity contribution is -0.123. The van der Waals surface area contributed by atoms with Crippen molar-refractivity contribution in [2.75, 3.05) is 6.54 Å². The Kier molecular flexibility index (Phi) is 3.69. The van der Waals surface area contributed by atoms with Crippen LogP contribution in [0.3, 0.4) is 0 Å². The minimum absolute atomic E-state index is 0.295. The fraction of sp³-hybridized carbons (Fsp3) is 0.733. The summed E-state index contributed by atoms with van der Waals surface area (Å²) in [6.45, 7) is 2.01. The Morgan fingerprint density at radius 1 is 1.32 bits per heavy atom. The molecule has 4 nitrogen and oxygen atoms in total. The largest absolute Gasteiger partial charge is 0.299 e. The summed E-state index contributed by atoms with van der Waals surface area (Å²) in [5.41, 5.74) is 1.12. The first kappa shape index (κ1) is 12.9. The maximum atomic E-state index is 12.0. The lowest BCUT2D eigenvalue weighted by Gasteiger charge is -2.38. The van der Waals surface area contributed by atoms with Crippen LogP contribution in [0.5, 0.6) is 0 Å². The van der Waals surface area contributed by atoms with Gasteiger partial charge in [-0.2, -0.15) is 5.10 Å². The van der Waals surface area contributed by atoms with Gasteiger partial charge in [-0.15, -0.1) is 0 Å². The van der Waals surface area contributed by atoms with Crippen LogP contribution in [-0.4, -0.2) is 33.1 Å². The number of aryl methyl sites for hydroxylation is 1. The van der Waals surface area contributed by atoms with Gasteiger partial charge in [-0.1, -0.05) is 6.42 Å². The SMILES string of the molecule is Cn1ccc(CN2CCCCC2C2CCCC2=O)n1. The monoisotopic (exact) mass is 261 g/mol. The van der Waals surface area contributed by atoms with Crippen molar-refractivity contribution >= 4 is 5.78 Å². The number of Topliss-reactive ketones (excluding diaryl/α,β-unsaturated/α-hetero) is 1. The molecule has 2 aliphatic rings. The highest BCUT2D eigenvalue weighted by atomic mass is 16.1. The van der Waals surface area contributed by atoms with Crippen molar-refractivity contribution in [2.24, 2.45) is 13.0 Å². The second-order valence-electron chi connectivity index (χ2n) is 5.98. The van der Waals surface area contributed by atoms with E-state index in [2.05, 4.69) is 16.1 Å². The van der Waals surface area contributed by atoms with E-state index in [1.165, 1.54) is 19.3 Å². The number of ketones is 1. The highest BCUT2D eigenvalue weighted by Gasteiger charge is 2.36. The summed E-state index contributed by atoms with van der Waals surface area (Å²) in [4.78, 5) is 14.5. The van der Waals surface area contributed by atoms with Crippen molar-refractivity contribution in [1.82, 2.24) is 14.7 Å². The van der Waals surface area contributed by atoms with E-state index in [1.807, 2.05) is 17.9 Å². The highest BCUT2D eigenvalue weighted by Crippen LogP contribution is 2.33. The van der Waals surface area contributed by atoms with Gasteiger partial charge < -0.3 is 0 Å².